The maximum Gasteiger partial charge on any atom is 0.326 e. The summed E-state index contributed by atoms with van der Waals surface area (Å²) in [5.74, 6) is -1.01. The Morgan fingerprint density at radius 3 is 2.33 bits per heavy atom. The number of rotatable bonds is 5. The molecule has 0 saturated heterocycles. The zero-order valence-electron chi connectivity index (χ0n) is 6.36. The molecular formula is C6H11NO3S2. The Morgan fingerprint density at radius 1 is 1.42 bits per heavy atom. The van der Waals surface area contributed by atoms with Gasteiger partial charge in [0.2, 0.25) is 5.91 Å². The van der Waals surface area contributed by atoms with E-state index in [0.717, 1.165) is 0 Å². The molecule has 0 aliphatic heterocycles. The molecule has 6 heteroatoms. The molecule has 2 N–H and O–H groups in total. The highest BCUT2D eigenvalue weighted by Gasteiger charge is 2.17. The van der Waals surface area contributed by atoms with Crippen LogP contribution in [-0.2, 0) is 9.59 Å². The Labute approximate surface area is 81.5 Å². The van der Waals surface area contributed by atoms with Crippen molar-refractivity contribution in [3.05, 3.63) is 0 Å². The topological polar surface area (TPSA) is 66.4 Å². The molecule has 0 rings (SSSR count). The van der Waals surface area contributed by atoms with E-state index in [1.807, 2.05) is 0 Å². The van der Waals surface area contributed by atoms with Gasteiger partial charge in [-0.15, -0.1) is 0 Å². The summed E-state index contributed by atoms with van der Waals surface area (Å²) in [6.45, 7) is 0. The van der Waals surface area contributed by atoms with Crippen LogP contribution in [0.4, 0.5) is 0 Å². The Hall–Kier alpha value is -0.360. The molecule has 0 bridgehead atoms. The molecule has 12 heavy (non-hydrogen) atoms. The molecule has 0 saturated carbocycles. The van der Waals surface area contributed by atoms with Crippen LogP contribution in [0.2, 0.25) is 0 Å². The summed E-state index contributed by atoms with van der Waals surface area (Å²) in [6, 6.07) is -0.845. The van der Waals surface area contributed by atoms with E-state index in [2.05, 4.69) is 30.6 Å². The monoisotopic (exact) mass is 209 g/mol. The van der Waals surface area contributed by atoms with Gasteiger partial charge in [0.1, 0.15) is 6.04 Å². The fourth-order valence-corrected chi connectivity index (χ4v) is 0.976. The van der Waals surface area contributed by atoms with Crippen molar-refractivity contribution in [2.24, 2.45) is 0 Å². The quantitative estimate of drug-likeness (QED) is 0.474. The number of thiol groups is 2. The molecule has 0 aliphatic carbocycles. The lowest BCUT2D eigenvalue weighted by Gasteiger charge is -2.11. The van der Waals surface area contributed by atoms with Crippen LogP contribution in [0, 0.1) is 0 Å². The second-order valence-corrected chi connectivity index (χ2v) is 2.89. The lowest BCUT2D eigenvalue weighted by molar-refractivity contribution is -0.141. The van der Waals surface area contributed by atoms with E-state index >= 15 is 0 Å². The maximum absolute atomic E-state index is 10.7. The van der Waals surface area contributed by atoms with Gasteiger partial charge in [0.05, 0.1) is 5.75 Å². The normalized spacial score (nSPS) is 12.2. The van der Waals surface area contributed by atoms with Gasteiger partial charge in [-0.3, -0.25) is 4.79 Å². The van der Waals surface area contributed by atoms with Gasteiger partial charge in [-0.1, -0.05) is 0 Å². The fourth-order valence-electron chi connectivity index (χ4n) is 0.626. The van der Waals surface area contributed by atoms with Crippen LogP contribution >= 0.6 is 25.3 Å². The predicted molar refractivity (Wildman–Crippen MR) is 51.9 cm³/mol. The van der Waals surface area contributed by atoms with Crippen LogP contribution in [0.5, 0.6) is 0 Å². The number of aliphatic carboxylic acids is 1. The largest absolute Gasteiger partial charge is 0.480 e. The van der Waals surface area contributed by atoms with Crippen LogP contribution < -0.4 is 5.32 Å². The van der Waals surface area contributed by atoms with E-state index in [1.54, 1.807) is 0 Å². The molecule has 0 heterocycles. The highest BCUT2D eigenvalue weighted by Crippen LogP contribution is 1.94. The molecule has 0 unspecified atom stereocenters. The fraction of sp³-hybridized carbons (Fsp3) is 0.667. The van der Waals surface area contributed by atoms with Gasteiger partial charge in [0, 0.05) is 0 Å². The number of carboxylic acid groups (broad SMARTS) is 1. The van der Waals surface area contributed by atoms with E-state index in [4.69, 9.17) is 5.11 Å². The smallest absolute Gasteiger partial charge is 0.326 e. The minimum absolute atomic E-state index is 0.00362. The summed E-state index contributed by atoms with van der Waals surface area (Å²) in [5, 5.41) is 10.9. The van der Waals surface area contributed by atoms with E-state index < -0.39 is 12.0 Å². The predicted octanol–water partition coefficient (Wildman–Crippen LogP) is -0.195. The van der Waals surface area contributed by atoms with E-state index in [9.17, 15) is 9.59 Å². The van der Waals surface area contributed by atoms with Crippen molar-refractivity contribution in [2.75, 3.05) is 11.5 Å². The molecule has 0 aromatic carbocycles. The Kier molecular flexibility index (Phi) is 6.00. The van der Waals surface area contributed by atoms with E-state index in [0.29, 0.717) is 12.2 Å². The molecule has 4 nitrogen and oxygen atoms in total. The van der Waals surface area contributed by atoms with Crippen LogP contribution in [0.1, 0.15) is 6.42 Å². The first-order chi connectivity index (χ1) is 5.61. The first-order valence-electron chi connectivity index (χ1n) is 3.35. The van der Waals surface area contributed by atoms with Gasteiger partial charge in [0.15, 0.2) is 0 Å². The Bertz CT molecular complexity index is 172. The number of hydrogen-bond donors (Lipinski definition) is 4. The SMILES string of the molecule is O=C(CS)N[C@@H](CCS)C(=O)O. The minimum Gasteiger partial charge on any atom is -0.480 e. The average Bonchev–Trinajstić information content (AvgIpc) is 2.03. The zero-order chi connectivity index (χ0) is 9.56. The average molecular weight is 209 g/mol. The molecule has 1 amide bonds. The lowest BCUT2D eigenvalue weighted by atomic mass is 10.2. The minimum atomic E-state index is -1.04. The van der Waals surface area contributed by atoms with Crippen molar-refractivity contribution in [3.63, 3.8) is 0 Å². The lowest BCUT2D eigenvalue weighted by Crippen LogP contribution is -2.41. The van der Waals surface area contributed by atoms with Gasteiger partial charge in [-0.05, 0) is 12.2 Å². The van der Waals surface area contributed by atoms with Gasteiger partial charge in [-0.25, -0.2) is 4.79 Å². The molecule has 1 atom stereocenters. The van der Waals surface area contributed by atoms with Gasteiger partial charge in [0.25, 0.3) is 0 Å². The molecule has 70 valence electrons. The molecule has 0 fully saturated rings. The first kappa shape index (κ1) is 11.6. The molecule has 0 radical (unpaired) electrons. The standard InChI is InChI=1S/C6H11NO3S2/c8-5(3-12)7-4(1-2-11)6(9)10/h4,11-12H,1-3H2,(H,7,8)(H,9,10)/t4-/m0/s1. The number of carbonyl (C=O) groups excluding carboxylic acids is 1. The van der Waals surface area contributed by atoms with Crippen LogP contribution in [-0.4, -0.2) is 34.5 Å². The number of carboxylic acids is 1. The summed E-state index contributed by atoms with van der Waals surface area (Å²) >= 11 is 7.58. The van der Waals surface area contributed by atoms with Gasteiger partial charge < -0.3 is 10.4 Å². The Balaban J connectivity index is 3.95. The molecule has 0 aromatic rings. The highest BCUT2D eigenvalue weighted by atomic mass is 32.1. The third-order valence-corrected chi connectivity index (χ3v) is 1.74. The first-order valence-corrected chi connectivity index (χ1v) is 4.62. The van der Waals surface area contributed by atoms with Gasteiger partial charge >= 0.3 is 5.97 Å². The summed E-state index contributed by atoms with van der Waals surface area (Å²) in [4.78, 5) is 21.2. The van der Waals surface area contributed by atoms with E-state index in [-0.39, 0.29) is 11.7 Å². The third kappa shape index (κ3) is 4.50. The molecule has 0 aliphatic rings. The number of carbonyl (C=O) groups is 2. The van der Waals surface area contributed by atoms with Crippen molar-refractivity contribution < 1.29 is 14.7 Å². The van der Waals surface area contributed by atoms with Crippen LogP contribution in [0.15, 0.2) is 0 Å². The number of hydrogen-bond acceptors (Lipinski definition) is 4. The van der Waals surface area contributed by atoms with Crippen molar-refractivity contribution in [1.29, 1.82) is 0 Å². The van der Waals surface area contributed by atoms with Crippen molar-refractivity contribution in [1.82, 2.24) is 5.32 Å². The summed E-state index contributed by atoms with van der Waals surface area (Å²) in [5.41, 5.74) is 0. The second-order valence-electron chi connectivity index (χ2n) is 2.13. The van der Waals surface area contributed by atoms with Crippen molar-refractivity contribution >= 4 is 37.1 Å². The van der Waals surface area contributed by atoms with Crippen molar-refractivity contribution in [3.8, 4) is 0 Å². The molecule has 0 spiro atoms. The second kappa shape index (κ2) is 6.19. The van der Waals surface area contributed by atoms with Gasteiger partial charge in [-0.2, -0.15) is 25.3 Å². The van der Waals surface area contributed by atoms with Crippen LogP contribution in [0.25, 0.3) is 0 Å². The third-order valence-electron chi connectivity index (χ3n) is 1.19. The Morgan fingerprint density at radius 2 is 2.00 bits per heavy atom. The maximum atomic E-state index is 10.7. The van der Waals surface area contributed by atoms with E-state index in [1.165, 1.54) is 0 Å². The summed E-state index contributed by atoms with van der Waals surface area (Å²) in [7, 11) is 0. The van der Waals surface area contributed by atoms with Crippen LogP contribution in [0.3, 0.4) is 0 Å². The summed E-state index contributed by atoms with van der Waals surface area (Å²) in [6.07, 6.45) is 0.317. The number of nitrogens with one attached hydrogen (secondary N) is 1. The highest BCUT2D eigenvalue weighted by molar-refractivity contribution is 7.81. The molecule has 0 aromatic heterocycles. The number of amides is 1. The van der Waals surface area contributed by atoms with Crippen molar-refractivity contribution in [2.45, 2.75) is 12.5 Å². The summed E-state index contributed by atoms with van der Waals surface area (Å²) < 4.78 is 0. The molecular weight excluding hydrogens is 198 g/mol. The zero-order valence-corrected chi connectivity index (χ0v) is 8.15.